The number of aryl methyl sites for hydroxylation is 3. The summed E-state index contributed by atoms with van der Waals surface area (Å²) in [6, 6.07) is 11.0. The van der Waals surface area contributed by atoms with Crippen LogP contribution in [0, 0.1) is 26.6 Å². The van der Waals surface area contributed by atoms with Crippen LogP contribution in [0.4, 0.5) is 10.1 Å². The smallest absolute Gasteiger partial charge is 0.173 e. The molecule has 2 aromatic rings. The molecule has 0 saturated carbocycles. The maximum absolute atomic E-state index is 13.3. The Balaban J connectivity index is 1.68. The summed E-state index contributed by atoms with van der Waals surface area (Å²) in [4.78, 5) is 4.62. The van der Waals surface area contributed by atoms with Crippen molar-refractivity contribution in [2.75, 3.05) is 44.7 Å². The number of nitrogens with zero attached hydrogens (tertiary/aromatic N) is 2. The molecule has 30 heavy (non-hydrogen) atoms. The second kappa shape index (κ2) is 10.8. The highest BCUT2D eigenvalue weighted by Gasteiger charge is 2.15. The van der Waals surface area contributed by atoms with E-state index in [0.717, 1.165) is 57.1 Å². The second-order valence-corrected chi connectivity index (χ2v) is 8.45. The van der Waals surface area contributed by atoms with Gasteiger partial charge in [0.2, 0.25) is 0 Å². The number of benzene rings is 2. The minimum atomic E-state index is -0.218. The first-order valence-corrected chi connectivity index (χ1v) is 11.0. The normalized spacial score (nSPS) is 14.5. The Bertz CT molecular complexity index is 827. The molecule has 0 spiro atoms. The van der Waals surface area contributed by atoms with E-state index in [1.54, 1.807) is 0 Å². The molecule has 2 aromatic carbocycles. The average molecular weight is 430 g/mol. The number of morpholine rings is 1. The second-order valence-electron chi connectivity index (χ2n) is 8.06. The number of hydrogen-bond donors (Lipinski definition) is 1. The first kappa shape index (κ1) is 22.7. The quantitative estimate of drug-likeness (QED) is 0.646. The van der Waals surface area contributed by atoms with Crippen molar-refractivity contribution >= 4 is 23.0 Å². The lowest BCUT2D eigenvalue weighted by molar-refractivity contribution is 0.0368. The molecule has 1 heterocycles. The Morgan fingerprint density at radius 2 is 1.73 bits per heavy atom. The van der Waals surface area contributed by atoms with Crippen molar-refractivity contribution in [3.8, 4) is 0 Å². The Morgan fingerprint density at radius 1 is 1.10 bits per heavy atom. The number of thiocarbonyl (C=S) groups is 1. The van der Waals surface area contributed by atoms with Crippen molar-refractivity contribution in [2.45, 2.75) is 33.7 Å². The summed E-state index contributed by atoms with van der Waals surface area (Å²) in [7, 11) is 0. The molecule has 0 aromatic heterocycles. The lowest BCUT2D eigenvalue weighted by Crippen LogP contribution is -2.40. The van der Waals surface area contributed by atoms with Crippen LogP contribution >= 0.6 is 12.2 Å². The van der Waals surface area contributed by atoms with Crippen LogP contribution in [-0.2, 0) is 11.3 Å². The zero-order valence-electron chi connectivity index (χ0n) is 18.2. The van der Waals surface area contributed by atoms with Crippen molar-refractivity contribution < 1.29 is 9.13 Å². The van der Waals surface area contributed by atoms with Gasteiger partial charge in [0.15, 0.2) is 5.11 Å². The molecule has 0 bridgehead atoms. The predicted molar refractivity (Wildman–Crippen MR) is 126 cm³/mol. The van der Waals surface area contributed by atoms with Crippen LogP contribution in [0.15, 0.2) is 36.4 Å². The molecule has 1 fully saturated rings. The van der Waals surface area contributed by atoms with E-state index in [2.05, 4.69) is 48.0 Å². The van der Waals surface area contributed by atoms with Gasteiger partial charge in [0.05, 0.1) is 13.2 Å². The summed E-state index contributed by atoms with van der Waals surface area (Å²) in [5, 5.41) is 4.18. The maximum atomic E-state index is 13.3. The molecule has 1 aliphatic rings. The summed E-state index contributed by atoms with van der Waals surface area (Å²) < 4.78 is 18.8. The molecule has 0 aliphatic carbocycles. The third-order valence-electron chi connectivity index (χ3n) is 5.49. The van der Waals surface area contributed by atoms with Gasteiger partial charge in [-0.25, -0.2) is 4.39 Å². The standard InChI is InChI=1S/C24H32FN3OS/c1-18-15-19(2)23(20(3)16-18)26-24(30)28(17-21-5-7-22(25)8-6-21)10-4-9-27-11-13-29-14-12-27/h5-8,15-16H,4,9-14,17H2,1-3H3,(H,26,30). The first-order chi connectivity index (χ1) is 14.4. The number of anilines is 1. The summed E-state index contributed by atoms with van der Waals surface area (Å²) >= 11 is 5.81. The summed E-state index contributed by atoms with van der Waals surface area (Å²) in [5.41, 5.74) is 5.73. The van der Waals surface area contributed by atoms with Crippen LogP contribution in [0.1, 0.15) is 28.7 Å². The number of rotatable bonds is 7. The highest BCUT2D eigenvalue weighted by atomic mass is 32.1. The topological polar surface area (TPSA) is 27.7 Å². The summed E-state index contributed by atoms with van der Waals surface area (Å²) in [5.74, 6) is -0.218. The van der Waals surface area contributed by atoms with Crippen molar-refractivity contribution in [1.82, 2.24) is 9.80 Å². The highest BCUT2D eigenvalue weighted by Crippen LogP contribution is 2.23. The molecule has 1 saturated heterocycles. The Morgan fingerprint density at radius 3 is 2.37 bits per heavy atom. The minimum Gasteiger partial charge on any atom is -0.379 e. The average Bonchev–Trinajstić information content (AvgIpc) is 2.72. The molecule has 1 aliphatic heterocycles. The van der Waals surface area contributed by atoms with Gasteiger partial charge in [0.1, 0.15) is 5.82 Å². The van der Waals surface area contributed by atoms with Gasteiger partial charge in [-0.3, -0.25) is 4.90 Å². The van der Waals surface area contributed by atoms with Crippen LogP contribution in [0.2, 0.25) is 0 Å². The molecule has 1 N–H and O–H groups in total. The van der Waals surface area contributed by atoms with E-state index in [4.69, 9.17) is 17.0 Å². The van der Waals surface area contributed by atoms with E-state index in [0.29, 0.717) is 11.7 Å². The van der Waals surface area contributed by atoms with Gasteiger partial charge in [-0.05, 0) is 68.2 Å². The number of halogens is 1. The molecule has 162 valence electrons. The van der Waals surface area contributed by atoms with Crippen LogP contribution < -0.4 is 5.32 Å². The van der Waals surface area contributed by atoms with Gasteiger partial charge in [-0.15, -0.1) is 0 Å². The van der Waals surface area contributed by atoms with Gasteiger partial charge in [-0.2, -0.15) is 0 Å². The van der Waals surface area contributed by atoms with Crippen molar-refractivity contribution in [3.05, 3.63) is 64.5 Å². The first-order valence-electron chi connectivity index (χ1n) is 10.6. The van der Waals surface area contributed by atoms with E-state index in [1.807, 2.05) is 12.1 Å². The fourth-order valence-electron chi connectivity index (χ4n) is 3.94. The Hall–Kier alpha value is -2.02. The third-order valence-corrected chi connectivity index (χ3v) is 5.85. The van der Waals surface area contributed by atoms with Crippen molar-refractivity contribution in [3.63, 3.8) is 0 Å². The molecule has 0 radical (unpaired) electrons. The van der Waals surface area contributed by atoms with Crippen LogP contribution in [0.3, 0.4) is 0 Å². The zero-order valence-corrected chi connectivity index (χ0v) is 19.0. The summed E-state index contributed by atoms with van der Waals surface area (Å²) in [6.07, 6.45) is 1.01. The highest BCUT2D eigenvalue weighted by molar-refractivity contribution is 7.80. The molecule has 4 nitrogen and oxygen atoms in total. The molecule has 0 atom stereocenters. The van der Waals surface area contributed by atoms with E-state index < -0.39 is 0 Å². The van der Waals surface area contributed by atoms with Gasteiger partial charge in [0.25, 0.3) is 0 Å². The lowest BCUT2D eigenvalue weighted by Gasteiger charge is -2.30. The third kappa shape index (κ3) is 6.49. The van der Waals surface area contributed by atoms with Crippen LogP contribution in [0.5, 0.6) is 0 Å². The van der Waals surface area contributed by atoms with E-state index in [9.17, 15) is 4.39 Å². The molecule has 0 unspecified atom stereocenters. The van der Waals surface area contributed by atoms with E-state index in [-0.39, 0.29) is 5.82 Å². The SMILES string of the molecule is Cc1cc(C)c(NC(=S)N(CCCN2CCOCC2)Cc2ccc(F)cc2)c(C)c1. The van der Waals surface area contributed by atoms with Gasteiger partial charge >= 0.3 is 0 Å². The zero-order chi connectivity index (χ0) is 21.5. The molecule has 0 amide bonds. The monoisotopic (exact) mass is 429 g/mol. The number of hydrogen-bond acceptors (Lipinski definition) is 3. The van der Waals surface area contributed by atoms with Crippen molar-refractivity contribution in [1.29, 1.82) is 0 Å². The van der Waals surface area contributed by atoms with E-state index >= 15 is 0 Å². The minimum absolute atomic E-state index is 0.218. The van der Waals surface area contributed by atoms with Crippen LogP contribution in [-0.4, -0.2) is 54.3 Å². The lowest BCUT2D eigenvalue weighted by atomic mass is 10.1. The number of ether oxygens (including phenoxy) is 1. The Labute approximate surface area is 185 Å². The fourth-order valence-corrected chi connectivity index (χ4v) is 4.19. The van der Waals surface area contributed by atoms with Crippen LogP contribution in [0.25, 0.3) is 0 Å². The van der Waals surface area contributed by atoms with Crippen molar-refractivity contribution in [2.24, 2.45) is 0 Å². The van der Waals surface area contributed by atoms with E-state index in [1.165, 1.54) is 28.8 Å². The maximum Gasteiger partial charge on any atom is 0.173 e. The van der Waals surface area contributed by atoms with Gasteiger partial charge in [-0.1, -0.05) is 29.8 Å². The largest absolute Gasteiger partial charge is 0.379 e. The van der Waals surface area contributed by atoms with Gasteiger partial charge < -0.3 is 15.0 Å². The Kier molecular flexibility index (Phi) is 8.19. The van der Waals surface area contributed by atoms with Gasteiger partial charge in [0, 0.05) is 38.4 Å². The molecular formula is C24H32FN3OS. The summed E-state index contributed by atoms with van der Waals surface area (Å²) in [6.45, 7) is 12.4. The predicted octanol–water partition coefficient (Wildman–Crippen LogP) is 4.67. The molecule has 6 heteroatoms. The molecular weight excluding hydrogens is 397 g/mol. The molecule has 3 rings (SSSR count). The fraction of sp³-hybridized carbons (Fsp3) is 0.458. The number of nitrogens with one attached hydrogen (secondary N) is 1.